The summed E-state index contributed by atoms with van der Waals surface area (Å²) in [6.07, 6.45) is -3.13. The first-order chi connectivity index (χ1) is 3.98. The average Bonchev–Trinajstić information content (AvgIpc) is 1.64. The second-order valence-corrected chi connectivity index (χ2v) is 1.87. The molecule has 0 aliphatic heterocycles. The Hall–Kier alpha value is -0.180. The Morgan fingerprint density at radius 3 is 2.11 bits per heavy atom. The molecule has 0 bridgehead atoms. The Balaban J connectivity index is 4.03. The highest BCUT2D eigenvalue weighted by Crippen LogP contribution is 2.28. The lowest BCUT2D eigenvalue weighted by atomic mass is 10.4. The van der Waals surface area contributed by atoms with Gasteiger partial charge >= 0.3 is 6.18 Å². The van der Waals surface area contributed by atoms with Gasteiger partial charge in [0.2, 0.25) is 0 Å². The number of halogens is 4. The Morgan fingerprint density at radius 1 is 1.56 bits per heavy atom. The molecule has 0 spiro atoms. The smallest absolute Gasteiger partial charge is 0.165 e. The molecule has 4 heteroatoms. The third-order valence-electron chi connectivity index (χ3n) is 0.654. The van der Waals surface area contributed by atoms with Crippen LogP contribution in [0.2, 0.25) is 0 Å². The lowest BCUT2D eigenvalue weighted by Crippen LogP contribution is -2.06. The maximum Gasteiger partial charge on any atom is 0.426 e. The molecular weight excluding hydrogens is 153 g/mol. The van der Waals surface area contributed by atoms with Gasteiger partial charge in [0.05, 0.1) is 0 Å². The van der Waals surface area contributed by atoms with Gasteiger partial charge in [-0.1, -0.05) is 24.6 Å². The SMILES string of the molecule is CCC=C(Cl)C(F)(F)F. The van der Waals surface area contributed by atoms with Crippen molar-refractivity contribution in [2.75, 3.05) is 0 Å². The van der Waals surface area contributed by atoms with Crippen molar-refractivity contribution in [2.24, 2.45) is 0 Å². The summed E-state index contributed by atoms with van der Waals surface area (Å²) in [4.78, 5) is 0. The molecule has 0 aliphatic rings. The van der Waals surface area contributed by atoms with E-state index in [1.807, 2.05) is 0 Å². The molecule has 9 heavy (non-hydrogen) atoms. The molecule has 0 radical (unpaired) electrons. The van der Waals surface area contributed by atoms with Crippen molar-refractivity contribution in [3.8, 4) is 0 Å². The molecule has 0 saturated heterocycles. The van der Waals surface area contributed by atoms with Crippen LogP contribution in [0.25, 0.3) is 0 Å². The number of allylic oxidation sites excluding steroid dienone is 2. The summed E-state index contributed by atoms with van der Waals surface area (Å²) in [6.45, 7) is 1.59. The van der Waals surface area contributed by atoms with E-state index in [0.717, 1.165) is 6.08 Å². The summed E-state index contributed by atoms with van der Waals surface area (Å²) in [5, 5.41) is -1.04. The van der Waals surface area contributed by atoms with Crippen LogP contribution < -0.4 is 0 Å². The maximum atomic E-state index is 11.4. The second kappa shape index (κ2) is 3.11. The minimum absolute atomic E-state index is 0.304. The molecule has 0 fully saturated rings. The van der Waals surface area contributed by atoms with E-state index >= 15 is 0 Å². The summed E-state index contributed by atoms with van der Waals surface area (Å²) >= 11 is 4.79. The topological polar surface area (TPSA) is 0 Å². The summed E-state index contributed by atoms with van der Waals surface area (Å²) < 4.78 is 34.3. The molecule has 0 unspecified atom stereocenters. The normalized spacial score (nSPS) is 14.1. The zero-order valence-electron chi connectivity index (χ0n) is 4.80. The number of rotatable bonds is 1. The van der Waals surface area contributed by atoms with Gasteiger partial charge < -0.3 is 0 Å². The standard InChI is InChI=1S/C5H6ClF3/c1-2-3-4(6)5(7,8)9/h3H,2H2,1H3. The predicted octanol–water partition coefficient (Wildman–Crippen LogP) is 3.08. The van der Waals surface area contributed by atoms with Gasteiger partial charge in [0.15, 0.2) is 0 Å². The third kappa shape index (κ3) is 3.40. The first kappa shape index (κ1) is 8.82. The van der Waals surface area contributed by atoms with Crippen LogP contribution in [0.15, 0.2) is 11.1 Å². The van der Waals surface area contributed by atoms with Crippen LogP contribution in [0.3, 0.4) is 0 Å². The highest BCUT2D eigenvalue weighted by molar-refractivity contribution is 6.30. The van der Waals surface area contributed by atoms with Crippen molar-refractivity contribution < 1.29 is 13.2 Å². The fourth-order valence-corrected chi connectivity index (χ4v) is 0.449. The molecule has 0 nitrogen and oxygen atoms in total. The van der Waals surface area contributed by atoms with Crippen LogP contribution in [0.5, 0.6) is 0 Å². The van der Waals surface area contributed by atoms with E-state index in [-0.39, 0.29) is 0 Å². The van der Waals surface area contributed by atoms with Crippen molar-refractivity contribution in [3.63, 3.8) is 0 Å². The van der Waals surface area contributed by atoms with Gasteiger partial charge in [0.25, 0.3) is 0 Å². The molecule has 0 rings (SSSR count). The lowest BCUT2D eigenvalue weighted by Gasteiger charge is -2.01. The van der Waals surface area contributed by atoms with Crippen molar-refractivity contribution in [1.82, 2.24) is 0 Å². The molecule has 0 saturated carbocycles. The molecule has 0 aromatic carbocycles. The predicted molar refractivity (Wildman–Crippen MR) is 30.3 cm³/mol. The molecule has 0 aliphatic carbocycles. The average molecular weight is 159 g/mol. The Kier molecular flexibility index (Phi) is 3.04. The summed E-state index contributed by atoms with van der Waals surface area (Å²) in [6, 6.07) is 0. The van der Waals surface area contributed by atoms with Crippen LogP contribution in [0.1, 0.15) is 13.3 Å². The minimum Gasteiger partial charge on any atom is -0.165 e. The molecule has 0 atom stereocenters. The van der Waals surface area contributed by atoms with Crippen LogP contribution >= 0.6 is 11.6 Å². The first-order valence-electron chi connectivity index (χ1n) is 2.41. The monoisotopic (exact) mass is 158 g/mol. The van der Waals surface area contributed by atoms with E-state index in [2.05, 4.69) is 0 Å². The molecule has 0 aromatic rings. The number of hydrogen-bond acceptors (Lipinski definition) is 0. The Labute approximate surface area is 56.3 Å². The van der Waals surface area contributed by atoms with Crippen LogP contribution in [0, 0.1) is 0 Å². The van der Waals surface area contributed by atoms with E-state index in [1.165, 1.54) is 0 Å². The van der Waals surface area contributed by atoms with Crippen molar-refractivity contribution >= 4 is 11.6 Å². The molecule has 0 N–H and O–H groups in total. The summed E-state index contributed by atoms with van der Waals surface area (Å²) in [7, 11) is 0. The van der Waals surface area contributed by atoms with Crippen molar-refractivity contribution in [2.45, 2.75) is 19.5 Å². The van der Waals surface area contributed by atoms with Crippen LogP contribution in [-0.2, 0) is 0 Å². The highest BCUT2D eigenvalue weighted by atomic mass is 35.5. The van der Waals surface area contributed by atoms with Gasteiger partial charge in [-0.25, -0.2) is 0 Å². The molecule has 0 amide bonds. The van der Waals surface area contributed by atoms with E-state index < -0.39 is 11.2 Å². The van der Waals surface area contributed by atoms with Gasteiger partial charge in [-0.3, -0.25) is 0 Å². The maximum absolute atomic E-state index is 11.4. The fraction of sp³-hybridized carbons (Fsp3) is 0.600. The minimum atomic E-state index is -4.36. The quantitative estimate of drug-likeness (QED) is 0.550. The highest BCUT2D eigenvalue weighted by Gasteiger charge is 2.31. The zero-order chi connectivity index (χ0) is 7.49. The van der Waals surface area contributed by atoms with Gasteiger partial charge in [-0.05, 0) is 6.42 Å². The second-order valence-electron chi connectivity index (χ2n) is 1.46. The van der Waals surface area contributed by atoms with Gasteiger partial charge in [0.1, 0.15) is 5.03 Å². The molecule has 54 valence electrons. The van der Waals surface area contributed by atoms with Crippen LogP contribution in [-0.4, -0.2) is 6.18 Å². The molecular formula is C5H6ClF3. The molecule has 0 aromatic heterocycles. The summed E-state index contributed by atoms with van der Waals surface area (Å²) in [5.41, 5.74) is 0. The van der Waals surface area contributed by atoms with E-state index in [0.29, 0.717) is 6.42 Å². The van der Waals surface area contributed by atoms with Gasteiger partial charge in [0, 0.05) is 0 Å². The molecule has 0 heterocycles. The number of hydrogen-bond donors (Lipinski definition) is 0. The van der Waals surface area contributed by atoms with Crippen molar-refractivity contribution in [1.29, 1.82) is 0 Å². The van der Waals surface area contributed by atoms with Gasteiger partial charge in [-0.2, -0.15) is 13.2 Å². The largest absolute Gasteiger partial charge is 0.426 e. The van der Waals surface area contributed by atoms with E-state index in [4.69, 9.17) is 11.6 Å². The first-order valence-corrected chi connectivity index (χ1v) is 2.79. The van der Waals surface area contributed by atoms with Crippen LogP contribution in [0.4, 0.5) is 13.2 Å². The van der Waals surface area contributed by atoms with E-state index in [1.54, 1.807) is 6.92 Å². The Morgan fingerprint density at radius 2 is 2.00 bits per heavy atom. The lowest BCUT2D eigenvalue weighted by molar-refractivity contribution is -0.0847. The Bertz CT molecular complexity index is 114. The van der Waals surface area contributed by atoms with E-state index in [9.17, 15) is 13.2 Å². The zero-order valence-corrected chi connectivity index (χ0v) is 5.55. The number of alkyl halides is 3. The third-order valence-corrected chi connectivity index (χ3v) is 1.02. The van der Waals surface area contributed by atoms with Gasteiger partial charge in [-0.15, -0.1) is 0 Å². The van der Waals surface area contributed by atoms with Crippen molar-refractivity contribution in [3.05, 3.63) is 11.1 Å². The summed E-state index contributed by atoms with van der Waals surface area (Å²) in [5.74, 6) is 0. The fourth-order valence-electron chi connectivity index (χ4n) is 0.295.